The van der Waals surface area contributed by atoms with Gasteiger partial charge in [0.05, 0.1) is 0 Å². The van der Waals surface area contributed by atoms with Gasteiger partial charge in [0, 0.05) is 19.3 Å². The average molecular weight is 857 g/mol. The molecular weight excluding hydrogens is 769 g/mol. The second-order valence-corrected chi connectivity index (χ2v) is 15.8. The Morgan fingerprint density at radius 3 is 1.10 bits per heavy atom. The van der Waals surface area contributed by atoms with E-state index in [1.165, 1.54) is 44.9 Å². The van der Waals surface area contributed by atoms with Crippen molar-refractivity contribution in [3.05, 3.63) is 122 Å². The highest BCUT2D eigenvalue weighted by atomic mass is 16.6. The fourth-order valence-electron chi connectivity index (χ4n) is 6.26. The molecule has 0 saturated heterocycles. The van der Waals surface area contributed by atoms with Crippen LogP contribution in [0.3, 0.4) is 0 Å². The van der Waals surface area contributed by atoms with Gasteiger partial charge in [-0.15, -0.1) is 0 Å². The summed E-state index contributed by atoms with van der Waals surface area (Å²) in [5.41, 5.74) is 0. The van der Waals surface area contributed by atoms with Gasteiger partial charge in [0.2, 0.25) is 0 Å². The number of carbonyl (C=O) groups is 3. The van der Waals surface area contributed by atoms with E-state index in [-0.39, 0.29) is 31.1 Å². The lowest BCUT2D eigenvalue weighted by molar-refractivity contribution is -0.167. The first-order valence-electron chi connectivity index (χ1n) is 24.6. The highest BCUT2D eigenvalue weighted by Gasteiger charge is 2.19. The van der Waals surface area contributed by atoms with Crippen molar-refractivity contribution in [1.29, 1.82) is 0 Å². The standard InChI is InChI=1S/C56H88O6/c1-4-7-10-13-16-19-22-25-28-31-34-37-40-43-46-49-55(58)61-52-53(51-60-54(57)48-45-42-39-36-33-30-27-24-21-18-15-12-9-6-3)62-56(59)50-47-44-41-38-35-32-29-26-23-20-17-14-11-8-5-2/h7-14,16-23,25,28,31,34,53H,4-6,15,24,26-27,29-30,32-33,35-52H2,1-3H3/b10-7-,11-8-,12-9-,16-13-,17-14-,21-18-,22-19-,23-20-,28-25-,34-31-. The fourth-order valence-corrected chi connectivity index (χ4v) is 6.26. The molecule has 1 unspecified atom stereocenters. The van der Waals surface area contributed by atoms with E-state index >= 15 is 0 Å². The normalized spacial score (nSPS) is 13.1. The smallest absolute Gasteiger partial charge is 0.306 e. The molecule has 0 N–H and O–H groups in total. The number of allylic oxidation sites excluding steroid dienone is 20. The largest absolute Gasteiger partial charge is 0.462 e. The molecule has 0 aromatic heterocycles. The minimum absolute atomic E-state index is 0.105. The van der Waals surface area contributed by atoms with Gasteiger partial charge >= 0.3 is 17.9 Å². The summed E-state index contributed by atoms with van der Waals surface area (Å²) in [5, 5.41) is 0. The number of hydrogen-bond donors (Lipinski definition) is 0. The molecule has 0 radical (unpaired) electrons. The number of carbonyl (C=O) groups excluding carboxylic acids is 3. The lowest BCUT2D eigenvalue weighted by atomic mass is 10.1. The summed E-state index contributed by atoms with van der Waals surface area (Å²) in [7, 11) is 0. The maximum absolute atomic E-state index is 12.8. The Morgan fingerprint density at radius 1 is 0.339 bits per heavy atom. The minimum Gasteiger partial charge on any atom is -0.462 e. The van der Waals surface area contributed by atoms with Crippen molar-refractivity contribution in [2.45, 2.75) is 200 Å². The number of ether oxygens (including phenoxy) is 3. The van der Waals surface area contributed by atoms with Crippen LogP contribution in [-0.4, -0.2) is 37.2 Å². The van der Waals surface area contributed by atoms with Crippen LogP contribution in [0.4, 0.5) is 0 Å². The summed E-state index contributed by atoms with van der Waals surface area (Å²) in [6, 6.07) is 0. The Bertz CT molecular complexity index is 1350. The van der Waals surface area contributed by atoms with Crippen LogP contribution in [0.25, 0.3) is 0 Å². The monoisotopic (exact) mass is 857 g/mol. The van der Waals surface area contributed by atoms with Gasteiger partial charge in [-0.25, -0.2) is 0 Å². The molecule has 0 spiro atoms. The summed E-state index contributed by atoms with van der Waals surface area (Å²) in [6.45, 7) is 6.18. The van der Waals surface area contributed by atoms with E-state index in [1.807, 2.05) is 48.6 Å². The molecule has 0 amide bonds. The predicted octanol–water partition coefficient (Wildman–Crippen LogP) is 16.1. The van der Waals surface area contributed by atoms with Gasteiger partial charge < -0.3 is 14.2 Å². The van der Waals surface area contributed by atoms with Crippen molar-refractivity contribution in [3.8, 4) is 0 Å². The van der Waals surface area contributed by atoms with Crippen LogP contribution in [0.1, 0.15) is 194 Å². The van der Waals surface area contributed by atoms with Gasteiger partial charge in [-0.3, -0.25) is 14.4 Å². The van der Waals surface area contributed by atoms with Gasteiger partial charge in [-0.1, -0.05) is 213 Å². The van der Waals surface area contributed by atoms with Crippen LogP contribution >= 0.6 is 0 Å². The molecule has 6 nitrogen and oxygen atoms in total. The van der Waals surface area contributed by atoms with E-state index in [0.29, 0.717) is 19.3 Å². The highest BCUT2D eigenvalue weighted by Crippen LogP contribution is 2.13. The minimum atomic E-state index is -0.808. The van der Waals surface area contributed by atoms with Crippen molar-refractivity contribution in [2.75, 3.05) is 13.2 Å². The van der Waals surface area contributed by atoms with Crippen LogP contribution in [0.5, 0.6) is 0 Å². The highest BCUT2D eigenvalue weighted by molar-refractivity contribution is 5.71. The number of esters is 3. The second-order valence-electron chi connectivity index (χ2n) is 15.8. The van der Waals surface area contributed by atoms with Gasteiger partial charge in [-0.05, 0) is 83.5 Å². The lowest BCUT2D eigenvalue weighted by Gasteiger charge is -2.18. The zero-order valence-electron chi connectivity index (χ0n) is 39.6. The first kappa shape index (κ1) is 57.8. The molecule has 0 fully saturated rings. The first-order valence-corrected chi connectivity index (χ1v) is 24.6. The van der Waals surface area contributed by atoms with E-state index in [0.717, 1.165) is 109 Å². The van der Waals surface area contributed by atoms with Gasteiger partial charge in [0.1, 0.15) is 13.2 Å². The third-order valence-corrected chi connectivity index (χ3v) is 9.88. The molecule has 0 aliphatic rings. The van der Waals surface area contributed by atoms with Crippen molar-refractivity contribution < 1.29 is 28.6 Å². The van der Waals surface area contributed by atoms with E-state index in [9.17, 15) is 14.4 Å². The van der Waals surface area contributed by atoms with E-state index in [4.69, 9.17) is 14.2 Å². The summed E-state index contributed by atoms with van der Waals surface area (Å²) in [5.74, 6) is -0.978. The first-order chi connectivity index (χ1) is 30.5. The molecule has 0 heterocycles. The zero-order valence-corrected chi connectivity index (χ0v) is 39.6. The third-order valence-electron chi connectivity index (χ3n) is 9.88. The molecule has 0 saturated carbocycles. The molecule has 0 aliphatic carbocycles. The topological polar surface area (TPSA) is 78.9 Å². The third kappa shape index (κ3) is 46.9. The maximum Gasteiger partial charge on any atom is 0.306 e. The molecule has 1 atom stereocenters. The molecule has 62 heavy (non-hydrogen) atoms. The van der Waals surface area contributed by atoms with Crippen molar-refractivity contribution >= 4 is 17.9 Å². The van der Waals surface area contributed by atoms with E-state index < -0.39 is 6.10 Å². The molecule has 0 rings (SSSR count). The summed E-state index contributed by atoms with van der Waals surface area (Å²) in [6.07, 6.45) is 67.5. The summed E-state index contributed by atoms with van der Waals surface area (Å²) < 4.78 is 16.7. The molecule has 0 aromatic rings. The van der Waals surface area contributed by atoms with Crippen LogP contribution in [0.2, 0.25) is 0 Å². The zero-order chi connectivity index (χ0) is 45.1. The SMILES string of the molecule is CC\C=C/C=C\C=C/C=C\C=C/CCCCCC(=O)OCC(COC(=O)CCCCCCCCC/C=C\C/C=C\CC)OC(=O)CCCCCCCCC\C=C/C=C\C=C/CC. The maximum atomic E-state index is 12.8. The Kier molecular flexibility index (Phi) is 46.1. The predicted molar refractivity (Wildman–Crippen MR) is 265 cm³/mol. The van der Waals surface area contributed by atoms with Crippen LogP contribution in [0, 0.1) is 0 Å². The van der Waals surface area contributed by atoms with E-state index in [1.54, 1.807) is 0 Å². The molecular formula is C56H88O6. The van der Waals surface area contributed by atoms with Crippen LogP contribution < -0.4 is 0 Å². The number of unbranched alkanes of at least 4 members (excludes halogenated alkanes) is 17. The quantitative estimate of drug-likeness (QED) is 0.0200. The van der Waals surface area contributed by atoms with Gasteiger partial charge in [0.25, 0.3) is 0 Å². The fraction of sp³-hybridized carbons (Fsp3) is 0.589. The van der Waals surface area contributed by atoms with Crippen LogP contribution in [-0.2, 0) is 28.6 Å². The van der Waals surface area contributed by atoms with Crippen molar-refractivity contribution in [1.82, 2.24) is 0 Å². The summed E-state index contributed by atoms with van der Waals surface area (Å²) >= 11 is 0. The van der Waals surface area contributed by atoms with E-state index in [2.05, 4.69) is 93.7 Å². The van der Waals surface area contributed by atoms with Crippen molar-refractivity contribution in [2.24, 2.45) is 0 Å². The average Bonchev–Trinajstić information content (AvgIpc) is 3.27. The lowest BCUT2D eigenvalue weighted by Crippen LogP contribution is -2.30. The Morgan fingerprint density at radius 2 is 0.661 bits per heavy atom. The number of rotatable bonds is 42. The number of hydrogen-bond acceptors (Lipinski definition) is 6. The molecule has 6 heteroatoms. The Hall–Kier alpha value is -4.19. The molecule has 348 valence electrons. The molecule has 0 aliphatic heterocycles. The molecule has 0 bridgehead atoms. The molecule has 0 aromatic carbocycles. The second kappa shape index (κ2) is 49.5. The van der Waals surface area contributed by atoms with Gasteiger partial charge in [-0.2, -0.15) is 0 Å². The van der Waals surface area contributed by atoms with Crippen LogP contribution in [0.15, 0.2) is 122 Å². The Labute approximate surface area is 380 Å². The van der Waals surface area contributed by atoms with Gasteiger partial charge in [0.15, 0.2) is 6.10 Å². The Balaban J connectivity index is 4.52. The van der Waals surface area contributed by atoms with Crippen molar-refractivity contribution in [3.63, 3.8) is 0 Å². The summed E-state index contributed by atoms with van der Waals surface area (Å²) in [4.78, 5) is 37.9.